The second-order valence-electron chi connectivity index (χ2n) is 4.21. The number of amides is 1. The largest absolute Gasteiger partial charge is 0.381 e. The number of hydrogen-bond donors (Lipinski definition) is 1. The van der Waals surface area contributed by atoms with E-state index in [1.807, 2.05) is 0 Å². The molecule has 1 rings (SSSR count). The van der Waals surface area contributed by atoms with Crippen LogP contribution in [0.15, 0.2) is 0 Å². The van der Waals surface area contributed by atoms with E-state index in [0.717, 1.165) is 6.42 Å². The predicted octanol–water partition coefficient (Wildman–Crippen LogP) is -0.438. The molecule has 1 saturated heterocycles. The van der Waals surface area contributed by atoms with Gasteiger partial charge in [0.1, 0.15) is 6.04 Å². The average molecular weight is 264 g/mol. The Morgan fingerprint density at radius 3 is 2.76 bits per heavy atom. The lowest BCUT2D eigenvalue weighted by atomic mass is 10.2. The van der Waals surface area contributed by atoms with Gasteiger partial charge in [0.25, 0.3) is 0 Å². The van der Waals surface area contributed by atoms with Gasteiger partial charge in [0, 0.05) is 20.7 Å². The molecule has 0 aromatic carbocycles. The van der Waals surface area contributed by atoms with Gasteiger partial charge < -0.3 is 10.1 Å². The third-order valence-corrected chi connectivity index (χ3v) is 5.00. The fourth-order valence-electron chi connectivity index (χ4n) is 1.96. The molecule has 100 valence electrons. The summed E-state index contributed by atoms with van der Waals surface area (Å²) >= 11 is 0. The van der Waals surface area contributed by atoms with Crippen LogP contribution in [0.25, 0.3) is 0 Å². The summed E-state index contributed by atoms with van der Waals surface area (Å²) in [5, 5.41) is 2.50. The predicted molar refractivity (Wildman–Crippen MR) is 64.1 cm³/mol. The maximum atomic E-state index is 12.1. The minimum Gasteiger partial charge on any atom is -0.381 e. The topological polar surface area (TPSA) is 75.7 Å². The zero-order chi connectivity index (χ0) is 13.1. The summed E-state index contributed by atoms with van der Waals surface area (Å²) in [6, 6.07) is -0.561. The van der Waals surface area contributed by atoms with Gasteiger partial charge in [-0.2, -0.15) is 4.31 Å². The quantitative estimate of drug-likeness (QED) is 0.730. The Labute approximate surface area is 102 Å². The minimum absolute atomic E-state index is 0.0863. The van der Waals surface area contributed by atoms with E-state index in [9.17, 15) is 13.2 Å². The molecule has 0 aromatic heterocycles. The molecule has 1 aliphatic rings. The van der Waals surface area contributed by atoms with E-state index in [1.165, 1.54) is 18.5 Å². The van der Waals surface area contributed by atoms with Crippen LogP contribution in [0.1, 0.15) is 19.8 Å². The van der Waals surface area contributed by atoms with E-state index < -0.39 is 16.1 Å². The molecule has 1 N–H and O–H groups in total. The van der Waals surface area contributed by atoms with Crippen LogP contribution in [0, 0.1) is 0 Å². The zero-order valence-electron chi connectivity index (χ0n) is 10.5. The van der Waals surface area contributed by atoms with Crippen molar-refractivity contribution in [2.24, 2.45) is 0 Å². The van der Waals surface area contributed by atoms with E-state index in [-0.39, 0.29) is 17.8 Å². The molecule has 6 nitrogen and oxygen atoms in total. The first kappa shape index (κ1) is 14.4. The highest BCUT2D eigenvalue weighted by Crippen LogP contribution is 2.22. The fraction of sp³-hybridized carbons (Fsp3) is 0.900. The normalized spacial score (nSPS) is 23.6. The number of carbonyl (C=O) groups is 1. The number of carbonyl (C=O) groups excluding carboxylic acids is 1. The van der Waals surface area contributed by atoms with E-state index in [4.69, 9.17) is 4.74 Å². The summed E-state index contributed by atoms with van der Waals surface area (Å²) < 4.78 is 30.5. The van der Waals surface area contributed by atoms with E-state index in [0.29, 0.717) is 13.0 Å². The maximum absolute atomic E-state index is 12.1. The van der Waals surface area contributed by atoms with Crippen LogP contribution in [-0.2, 0) is 19.6 Å². The minimum atomic E-state index is -3.43. The number of likely N-dealkylation sites (N-methyl/N-ethyl adjacent to an activating group) is 1. The smallest absolute Gasteiger partial charge is 0.238 e. The third-order valence-electron chi connectivity index (χ3n) is 2.96. The monoisotopic (exact) mass is 264 g/mol. The van der Waals surface area contributed by atoms with Crippen molar-refractivity contribution in [3.05, 3.63) is 0 Å². The third kappa shape index (κ3) is 3.40. The van der Waals surface area contributed by atoms with Crippen LogP contribution in [0.4, 0.5) is 0 Å². The molecule has 0 bridgehead atoms. The molecule has 2 atom stereocenters. The van der Waals surface area contributed by atoms with Crippen molar-refractivity contribution in [2.45, 2.75) is 31.9 Å². The van der Waals surface area contributed by atoms with Crippen molar-refractivity contribution in [1.82, 2.24) is 9.62 Å². The zero-order valence-corrected chi connectivity index (χ0v) is 11.3. The Balaban J connectivity index is 2.80. The molecule has 0 aliphatic carbocycles. The van der Waals surface area contributed by atoms with E-state index in [2.05, 4.69) is 5.32 Å². The van der Waals surface area contributed by atoms with Crippen molar-refractivity contribution >= 4 is 15.9 Å². The second kappa shape index (κ2) is 5.79. The highest BCUT2D eigenvalue weighted by Gasteiger charge is 2.38. The lowest BCUT2D eigenvalue weighted by Crippen LogP contribution is -2.46. The van der Waals surface area contributed by atoms with Crippen LogP contribution in [-0.4, -0.2) is 57.2 Å². The molecule has 0 aromatic rings. The maximum Gasteiger partial charge on any atom is 0.238 e. The van der Waals surface area contributed by atoms with Crippen molar-refractivity contribution in [1.29, 1.82) is 0 Å². The molecule has 1 heterocycles. The SMILES string of the molecule is CNC(=O)[C@@H]1CCCN1S(=O)(=O)CC(C)OC. The van der Waals surface area contributed by atoms with Gasteiger partial charge in [0.05, 0.1) is 11.9 Å². The number of rotatable bonds is 5. The molecular formula is C10H20N2O4S. The van der Waals surface area contributed by atoms with Crippen molar-refractivity contribution in [3.63, 3.8) is 0 Å². The summed E-state index contributed by atoms with van der Waals surface area (Å²) in [5.41, 5.74) is 0. The fourth-order valence-corrected chi connectivity index (χ4v) is 3.88. The summed E-state index contributed by atoms with van der Waals surface area (Å²) in [4.78, 5) is 11.6. The van der Waals surface area contributed by atoms with Gasteiger partial charge in [-0.25, -0.2) is 8.42 Å². The van der Waals surface area contributed by atoms with Gasteiger partial charge in [-0.15, -0.1) is 0 Å². The summed E-state index contributed by atoms with van der Waals surface area (Å²) in [6.45, 7) is 2.11. The van der Waals surface area contributed by atoms with Crippen molar-refractivity contribution < 1.29 is 17.9 Å². The first-order chi connectivity index (χ1) is 7.92. The Kier molecular flexibility index (Phi) is 4.91. The van der Waals surface area contributed by atoms with Gasteiger partial charge in [-0.05, 0) is 19.8 Å². The van der Waals surface area contributed by atoms with Crippen LogP contribution < -0.4 is 5.32 Å². The molecule has 0 spiro atoms. The Morgan fingerprint density at radius 2 is 2.24 bits per heavy atom. The first-order valence-electron chi connectivity index (χ1n) is 5.66. The Morgan fingerprint density at radius 1 is 1.59 bits per heavy atom. The number of hydrogen-bond acceptors (Lipinski definition) is 4. The van der Waals surface area contributed by atoms with Gasteiger partial charge >= 0.3 is 0 Å². The average Bonchev–Trinajstić information content (AvgIpc) is 2.76. The van der Waals surface area contributed by atoms with E-state index in [1.54, 1.807) is 6.92 Å². The number of nitrogens with one attached hydrogen (secondary N) is 1. The number of methoxy groups -OCH3 is 1. The standard InChI is InChI=1S/C10H20N2O4S/c1-8(16-3)7-17(14,15)12-6-4-5-9(12)10(13)11-2/h8-9H,4-7H2,1-3H3,(H,11,13)/t8?,9-/m0/s1. The van der Waals surface area contributed by atoms with Gasteiger partial charge in [-0.1, -0.05) is 0 Å². The first-order valence-corrected chi connectivity index (χ1v) is 7.27. The highest BCUT2D eigenvalue weighted by molar-refractivity contribution is 7.89. The van der Waals surface area contributed by atoms with Gasteiger partial charge in [-0.3, -0.25) is 4.79 Å². The van der Waals surface area contributed by atoms with Crippen LogP contribution in [0.3, 0.4) is 0 Å². The lowest BCUT2D eigenvalue weighted by Gasteiger charge is -2.24. The van der Waals surface area contributed by atoms with Crippen LogP contribution in [0.2, 0.25) is 0 Å². The van der Waals surface area contributed by atoms with Gasteiger partial charge in [0.2, 0.25) is 15.9 Å². The summed E-state index contributed by atoms with van der Waals surface area (Å²) in [5.74, 6) is -0.326. The Hall–Kier alpha value is -0.660. The highest BCUT2D eigenvalue weighted by atomic mass is 32.2. The lowest BCUT2D eigenvalue weighted by molar-refractivity contribution is -0.123. The molecule has 1 fully saturated rings. The molecule has 1 unspecified atom stereocenters. The number of nitrogens with zero attached hydrogens (tertiary/aromatic N) is 1. The van der Waals surface area contributed by atoms with Gasteiger partial charge in [0.15, 0.2) is 0 Å². The molecule has 17 heavy (non-hydrogen) atoms. The second-order valence-corrected chi connectivity index (χ2v) is 6.17. The van der Waals surface area contributed by atoms with Crippen molar-refractivity contribution in [2.75, 3.05) is 26.5 Å². The molecule has 0 saturated carbocycles. The summed E-state index contributed by atoms with van der Waals surface area (Å²) in [6.07, 6.45) is 0.935. The van der Waals surface area contributed by atoms with Crippen LogP contribution >= 0.6 is 0 Å². The molecule has 7 heteroatoms. The number of ether oxygens (including phenoxy) is 1. The molecular weight excluding hydrogens is 244 g/mol. The molecule has 0 radical (unpaired) electrons. The van der Waals surface area contributed by atoms with Crippen molar-refractivity contribution in [3.8, 4) is 0 Å². The number of sulfonamides is 1. The Bertz CT molecular complexity index is 369. The molecule has 1 amide bonds. The summed E-state index contributed by atoms with van der Waals surface area (Å²) in [7, 11) is -0.438. The van der Waals surface area contributed by atoms with Crippen LogP contribution in [0.5, 0.6) is 0 Å². The molecule has 1 aliphatic heterocycles. The van der Waals surface area contributed by atoms with E-state index >= 15 is 0 Å².